The van der Waals surface area contributed by atoms with Gasteiger partial charge in [-0.1, -0.05) is 51.7 Å². The highest BCUT2D eigenvalue weighted by Gasteiger charge is 1.97. The van der Waals surface area contributed by atoms with Gasteiger partial charge in [0.25, 0.3) is 0 Å². The van der Waals surface area contributed by atoms with E-state index < -0.39 is 0 Å². The van der Waals surface area contributed by atoms with Crippen molar-refractivity contribution in [1.82, 2.24) is 5.32 Å². The van der Waals surface area contributed by atoms with Gasteiger partial charge in [-0.05, 0) is 42.8 Å². The van der Waals surface area contributed by atoms with Crippen molar-refractivity contribution in [2.45, 2.75) is 63.8 Å². The molecule has 0 saturated heterocycles. The van der Waals surface area contributed by atoms with Gasteiger partial charge in [-0.3, -0.25) is 0 Å². The Morgan fingerprint density at radius 2 is 1.84 bits per heavy atom. The molecule has 108 valence electrons. The minimum absolute atomic E-state index is 0.999. The third-order valence-corrected chi connectivity index (χ3v) is 4.25. The van der Waals surface area contributed by atoms with E-state index in [-0.39, 0.29) is 0 Å². The number of unbranched alkanes of at least 4 members (excludes halogenated alkanes) is 4. The first-order valence-corrected chi connectivity index (χ1v) is 8.77. The summed E-state index contributed by atoms with van der Waals surface area (Å²) >= 11 is 2.00. The van der Waals surface area contributed by atoms with E-state index in [1.54, 1.807) is 0 Å². The molecule has 0 aliphatic carbocycles. The zero-order chi connectivity index (χ0) is 13.8. The van der Waals surface area contributed by atoms with Gasteiger partial charge in [0.1, 0.15) is 0 Å². The molecule has 1 rings (SSSR count). The second kappa shape index (κ2) is 11.4. The fourth-order valence-electron chi connectivity index (χ4n) is 2.05. The first kappa shape index (κ1) is 16.6. The van der Waals surface area contributed by atoms with Crippen LogP contribution in [0.4, 0.5) is 0 Å². The van der Waals surface area contributed by atoms with Crippen molar-refractivity contribution in [3.63, 3.8) is 0 Å². The Kier molecular flexibility index (Phi) is 9.92. The van der Waals surface area contributed by atoms with Crippen LogP contribution in [0.25, 0.3) is 0 Å². The van der Waals surface area contributed by atoms with Crippen LogP contribution in [0.1, 0.15) is 57.9 Å². The summed E-state index contributed by atoms with van der Waals surface area (Å²) in [5, 5.41) is 3.46. The molecule has 19 heavy (non-hydrogen) atoms. The average Bonchev–Trinajstić information content (AvgIpc) is 2.43. The Labute approximate surface area is 123 Å². The highest BCUT2D eigenvalue weighted by molar-refractivity contribution is 7.99. The van der Waals surface area contributed by atoms with Gasteiger partial charge in [-0.2, -0.15) is 0 Å². The lowest BCUT2D eigenvalue weighted by molar-refractivity contribution is 0.659. The Morgan fingerprint density at radius 1 is 1.00 bits per heavy atom. The van der Waals surface area contributed by atoms with Crippen molar-refractivity contribution >= 4 is 11.8 Å². The monoisotopic (exact) mass is 279 g/mol. The van der Waals surface area contributed by atoms with E-state index in [1.165, 1.54) is 54.7 Å². The molecule has 0 bridgehead atoms. The van der Waals surface area contributed by atoms with Crippen LogP contribution in [0.15, 0.2) is 29.2 Å². The van der Waals surface area contributed by atoms with E-state index in [2.05, 4.69) is 43.4 Å². The second-order valence-corrected chi connectivity index (χ2v) is 6.26. The van der Waals surface area contributed by atoms with Crippen molar-refractivity contribution in [2.75, 3.05) is 12.3 Å². The zero-order valence-electron chi connectivity index (χ0n) is 12.6. The van der Waals surface area contributed by atoms with Crippen LogP contribution in [-0.2, 0) is 6.54 Å². The summed E-state index contributed by atoms with van der Waals surface area (Å²) < 4.78 is 0. The van der Waals surface area contributed by atoms with E-state index in [1.807, 2.05) is 11.8 Å². The summed E-state index contributed by atoms with van der Waals surface area (Å²) in [5.41, 5.74) is 1.41. The Bertz CT molecular complexity index is 325. The lowest BCUT2D eigenvalue weighted by Gasteiger charge is -2.06. The third-order valence-electron chi connectivity index (χ3n) is 3.17. The summed E-state index contributed by atoms with van der Waals surface area (Å²) in [6.07, 6.45) is 8.06. The summed E-state index contributed by atoms with van der Waals surface area (Å²) in [6, 6.07) is 8.97. The number of rotatable bonds is 11. The molecule has 0 aromatic heterocycles. The SMILES string of the molecule is CCCCCCCSc1cccc(CNCCC)c1. The molecular formula is C17H29NS. The molecular weight excluding hydrogens is 250 g/mol. The van der Waals surface area contributed by atoms with Crippen LogP contribution < -0.4 is 5.32 Å². The van der Waals surface area contributed by atoms with E-state index in [0.29, 0.717) is 0 Å². The van der Waals surface area contributed by atoms with Crippen LogP contribution in [0, 0.1) is 0 Å². The summed E-state index contributed by atoms with van der Waals surface area (Å²) in [7, 11) is 0. The largest absolute Gasteiger partial charge is 0.313 e. The van der Waals surface area contributed by atoms with E-state index in [9.17, 15) is 0 Å². The number of benzene rings is 1. The molecule has 0 amide bonds. The summed E-state index contributed by atoms with van der Waals surface area (Å²) in [4.78, 5) is 1.42. The van der Waals surface area contributed by atoms with Crippen molar-refractivity contribution in [3.8, 4) is 0 Å². The fourth-order valence-corrected chi connectivity index (χ4v) is 3.04. The predicted molar refractivity (Wildman–Crippen MR) is 87.9 cm³/mol. The third kappa shape index (κ3) is 8.33. The molecule has 0 atom stereocenters. The van der Waals surface area contributed by atoms with Crippen molar-refractivity contribution in [3.05, 3.63) is 29.8 Å². The maximum absolute atomic E-state index is 3.46. The smallest absolute Gasteiger partial charge is 0.0205 e. The number of hydrogen-bond donors (Lipinski definition) is 1. The van der Waals surface area contributed by atoms with Crippen molar-refractivity contribution < 1.29 is 0 Å². The highest BCUT2D eigenvalue weighted by Crippen LogP contribution is 2.21. The molecule has 2 heteroatoms. The molecule has 0 aliphatic rings. The lowest BCUT2D eigenvalue weighted by atomic mass is 10.2. The van der Waals surface area contributed by atoms with E-state index >= 15 is 0 Å². The molecule has 0 radical (unpaired) electrons. The number of hydrogen-bond acceptors (Lipinski definition) is 2. The quantitative estimate of drug-likeness (QED) is 0.438. The van der Waals surface area contributed by atoms with Gasteiger partial charge in [0.15, 0.2) is 0 Å². The zero-order valence-corrected chi connectivity index (χ0v) is 13.4. The fraction of sp³-hybridized carbons (Fsp3) is 0.647. The van der Waals surface area contributed by atoms with Crippen molar-refractivity contribution in [2.24, 2.45) is 0 Å². The van der Waals surface area contributed by atoms with Gasteiger partial charge < -0.3 is 5.32 Å². The van der Waals surface area contributed by atoms with E-state index in [0.717, 1.165) is 13.1 Å². The Hall–Kier alpha value is -0.470. The highest BCUT2D eigenvalue weighted by atomic mass is 32.2. The van der Waals surface area contributed by atoms with Crippen LogP contribution in [-0.4, -0.2) is 12.3 Å². The summed E-state index contributed by atoms with van der Waals surface area (Å²) in [5.74, 6) is 1.26. The molecule has 0 saturated carbocycles. The first-order chi connectivity index (χ1) is 9.36. The minimum Gasteiger partial charge on any atom is -0.313 e. The Morgan fingerprint density at radius 3 is 2.63 bits per heavy atom. The molecule has 0 unspecified atom stereocenters. The van der Waals surface area contributed by atoms with Gasteiger partial charge >= 0.3 is 0 Å². The lowest BCUT2D eigenvalue weighted by Crippen LogP contribution is -2.13. The molecule has 1 N–H and O–H groups in total. The van der Waals surface area contributed by atoms with Gasteiger partial charge in [0.2, 0.25) is 0 Å². The van der Waals surface area contributed by atoms with Crippen molar-refractivity contribution in [1.29, 1.82) is 0 Å². The van der Waals surface area contributed by atoms with Gasteiger partial charge in [-0.25, -0.2) is 0 Å². The average molecular weight is 279 g/mol. The normalized spacial score (nSPS) is 10.8. The molecule has 0 spiro atoms. The maximum atomic E-state index is 3.46. The van der Waals surface area contributed by atoms with Gasteiger partial charge in [0, 0.05) is 11.4 Å². The molecule has 1 aromatic rings. The maximum Gasteiger partial charge on any atom is 0.0205 e. The predicted octanol–water partition coefficient (Wildman–Crippen LogP) is 5.25. The number of thioether (sulfide) groups is 1. The topological polar surface area (TPSA) is 12.0 Å². The summed E-state index contributed by atoms with van der Waals surface area (Å²) in [6.45, 7) is 6.58. The number of nitrogens with one attached hydrogen (secondary N) is 1. The molecule has 1 nitrogen and oxygen atoms in total. The van der Waals surface area contributed by atoms with Gasteiger partial charge in [0.05, 0.1) is 0 Å². The minimum atomic E-state index is 0.999. The Balaban J connectivity index is 2.20. The molecule has 0 heterocycles. The van der Waals surface area contributed by atoms with Crippen LogP contribution in [0.3, 0.4) is 0 Å². The molecule has 0 aliphatic heterocycles. The standard InChI is InChI=1S/C17H29NS/c1-3-5-6-7-8-13-19-17-11-9-10-16(14-17)15-18-12-4-2/h9-11,14,18H,3-8,12-13,15H2,1-2H3. The first-order valence-electron chi connectivity index (χ1n) is 7.79. The van der Waals surface area contributed by atoms with Crippen LogP contribution >= 0.6 is 11.8 Å². The molecule has 0 fully saturated rings. The van der Waals surface area contributed by atoms with Gasteiger partial charge in [-0.15, -0.1) is 11.8 Å². The second-order valence-electron chi connectivity index (χ2n) is 5.09. The van der Waals surface area contributed by atoms with Crippen LogP contribution in [0.5, 0.6) is 0 Å². The van der Waals surface area contributed by atoms with E-state index in [4.69, 9.17) is 0 Å². The molecule has 1 aromatic carbocycles. The van der Waals surface area contributed by atoms with Crippen LogP contribution in [0.2, 0.25) is 0 Å².